The van der Waals surface area contributed by atoms with E-state index in [9.17, 15) is 10.1 Å². The van der Waals surface area contributed by atoms with Crippen molar-refractivity contribution in [2.45, 2.75) is 31.8 Å². The highest BCUT2D eigenvalue weighted by atomic mass is 16.5. The monoisotopic (exact) mass is 284 g/mol. The molecule has 0 spiro atoms. The molecule has 2 aliphatic heterocycles. The number of likely N-dealkylation sites (N-methyl/N-ethyl adjacent to an activating group) is 1. The number of benzene rings is 1. The normalized spacial score (nSPS) is 28.9. The first-order valence-electron chi connectivity index (χ1n) is 7.45. The third-order valence-corrected chi connectivity index (χ3v) is 4.90. The Hall–Kier alpha value is -1.70. The highest BCUT2D eigenvalue weighted by Crippen LogP contribution is 2.33. The van der Waals surface area contributed by atoms with E-state index in [1.165, 1.54) is 0 Å². The average molecular weight is 284 g/mol. The molecular formula is C17H20N2O2. The summed E-state index contributed by atoms with van der Waals surface area (Å²) >= 11 is 0. The topological polar surface area (TPSA) is 53.3 Å². The zero-order chi connectivity index (χ0) is 15.0. The summed E-state index contributed by atoms with van der Waals surface area (Å²) in [4.78, 5) is 15.3. The second kappa shape index (κ2) is 5.59. The molecule has 110 valence electrons. The smallest absolute Gasteiger partial charge is 0.167 e. The number of ketones is 1. The lowest BCUT2D eigenvalue weighted by molar-refractivity contribution is -0.0702. The van der Waals surface area contributed by atoms with E-state index in [1.54, 1.807) is 6.07 Å². The Balaban J connectivity index is 1.89. The van der Waals surface area contributed by atoms with Gasteiger partial charge in [0.2, 0.25) is 0 Å². The van der Waals surface area contributed by atoms with E-state index in [1.807, 2.05) is 19.1 Å². The molecule has 1 aromatic carbocycles. The van der Waals surface area contributed by atoms with Gasteiger partial charge < -0.3 is 4.74 Å². The summed E-state index contributed by atoms with van der Waals surface area (Å²) in [7, 11) is 2.12. The molecule has 3 rings (SSSR count). The number of Topliss-reactive ketones (excluding diaryl/α,β-unsaturated/α-hetero) is 1. The molecule has 0 aliphatic carbocycles. The van der Waals surface area contributed by atoms with Crippen molar-refractivity contribution < 1.29 is 9.53 Å². The number of nitriles is 1. The molecular weight excluding hydrogens is 264 g/mol. The standard InChI is InChI=1S/C17H20N2O2/c1-11-4-3-5-12(8-18)16(11)17(20)13-6-14-9-21-10-15(7-13)19(14)2/h3-5,13-15H,6-7,9-10H2,1-2H3. The third kappa shape index (κ3) is 2.48. The summed E-state index contributed by atoms with van der Waals surface area (Å²) < 4.78 is 5.60. The number of morpholine rings is 1. The Morgan fingerprint density at radius 3 is 2.62 bits per heavy atom. The fourth-order valence-electron chi connectivity index (χ4n) is 3.60. The fourth-order valence-corrected chi connectivity index (χ4v) is 3.60. The minimum absolute atomic E-state index is 0.00769. The van der Waals surface area contributed by atoms with Crippen molar-refractivity contribution in [1.29, 1.82) is 5.26 Å². The summed E-state index contributed by atoms with van der Waals surface area (Å²) in [5, 5.41) is 9.26. The van der Waals surface area contributed by atoms with Crippen LogP contribution >= 0.6 is 0 Å². The van der Waals surface area contributed by atoms with Crippen LogP contribution in [0.2, 0.25) is 0 Å². The molecule has 2 heterocycles. The fraction of sp³-hybridized carbons (Fsp3) is 0.529. The molecule has 0 N–H and O–H groups in total. The first kappa shape index (κ1) is 14.2. The minimum atomic E-state index is 0.00769. The van der Waals surface area contributed by atoms with Gasteiger partial charge in [0.1, 0.15) is 0 Å². The Labute approximate surface area is 125 Å². The van der Waals surface area contributed by atoms with Gasteiger partial charge in [0.15, 0.2) is 5.78 Å². The largest absolute Gasteiger partial charge is 0.378 e. The maximum atomic E-state index is 12.9. The van der Waals surface area contributed by atoms with Gasteiger partial charge in [-0.05, 0) is 38.4 Å². The molecule has 2 fully saturated rings. The number of aryl methyl sites for hydroxylation is 1. The lowest BCUT2D eigenvalue weighted by atomic mass is 9.79. The quantitative estimate of drug-likeness (QED) is 0.781. The SMILES string of the molecule is Cc1cccc(C#N)c1C(=O)C1CC2COCC(C1)N2C. The van der Waals surface area contributed by atoms with E-state index in [-0.39, 0.29) is 11.7 Å². The van der Waals surface area contributed by atoms with Crippen LogP contribution in [0.15, 0.2) is 18.2 Å². The van der Waals surface area contributed by atoms with Gasteiger partial charge in [-0.2, -0.15) is 5.26 Å². The Kier molecular flexibility index (Phi) is 3.79. The Morgan fingerprint density at radius 1 is 1.33 bits per heavy atom. The van der Waals surface area contributed by atoms with Crippen LogP contribution in [0.5, 0.6) is 0 Å². The van der Waals surface area contributed by atoms with Gasteiger partial charge >= 0.3 is 0 Å². The summed E-state index contributed by atoms with van der Waals surface area (Å²) in [5.74, 6) is 0.142. The molecule has 2 unspecified atom stereocenters. The molecule has 0 radical (unpaired) electrons. The van der Waals surface area contributed by atoms with E-state index < -0.39 is 0 Å². The summed E-state index contributed by atoms with van der Waals surface area (Å²) in [6.07, 6.45) is 1.65. The van der Waals surface area contributed by atoms with Gasteiger partial charge in [0.25, 0.3) is 0 Å². The minimum Gasteiger partial charge on any atom is -0.378 e. The van der Waals surface area contributed by atoms with Crippen LogP contribution < -0.4 is 0 Å². The molecule has 1 aromatic rings. The van der Waals surface area contributed by atoms with Gasteiger partial charge in [-0.3, -0.25) is 9.69 Å². The summed E-state index contributed by atoms with van der Waals surface area (Å²) in [5.41, 5.74) is 2.02. The van der Waals surface area contributed by atoms with Gasteiger partial charge in [-0.25, -0.2) is 0 Å². The van der Waals surface area contributed by atoms with Crippen LogP contribution in [0.1, 0.15) is 34.3 Å². The molecule has 4 heteroatoms. The van der Waals surface area contributed by atoms with E-state index in [0.29, 0.717) is 36.4 Å². The number of hydrogen-bond donors (Lipinski definition) is 0. The number of hydrogen-bond acceptors (Lipinski definition) is 4. The van der Waals surface area contributed by atoms with Crippen molar-refractivity contribution in [2.75, 3.05) is 20.3 Å². The maximum absolute atomic E-state index is 12.9. The molecule has 4 nitrogen and oxygen atoms in total. The maximum Gasteiger partial charge on any atom is 0.167 e. The summed E-state index contributed by atoms with van der Waals surface area (Å²) in [6.45, 7) is 3.32. The molecule has 2 aliphatic rings. The number of nitrogens with zero attached hydrogens (tertiary/aromatic N) is 2. The van der Waals surface area contributed by atoms with Crippen molar-refractivity contribution in [3.05, 3.63) is 34.9 Å². The Bertz CT molecular complexity index is 591. The van der Waals surface area contributed by atoms with Gasteiger partial charge in [-0.15, -0.1) is 0 Å². The van der Waals surface area contributed by atoms with E-state index in [2.05, 4.69) is 18.0 Å². The number of rotatable bonds is 2. The van der Waals surface area contributed by atoms with Crippen molar-refractivity contribution in [3.63, 3.8) is 0 Å². The summed E-state index contributed by atoms with van der Waals surface area (Å²) in [6, 6.07) is 8.28. The number of fused-ring (bicyclic) bond motifs is 2. The molecule has 2 bridgehead atoms. The van der Waals surface area contributed by atoms with E-state index >= 15 is 0 Å². The number of ether oxygens (including phenoxy) is 1. The highest BCUT2D eigenvalue weighted by Gasteiger charge is 2.40. The molecule has 0 amide bonds. The zero-order valence-corrected chi connectivity index (χ0v) is 12.5. The second-order valence-electron chi connectivity index (χ2n) is 6.15. The van der Waals surface area contributed by atoms with Crippen LogP contribution in [0.4, 0.5) is 0 Å². The predicted molar refractivity (Wildman–Crippen MR) is 79.1 cm³/mol. The van der Waals surface area contributed by atoms with Crippen molar-refractivity contribution >= 4 is 5.78 Å². The van der Waals surface area contributed by atoms with Crippen molar-refractivity contribution in [1.82, 2.24) is 4.90 Å². The lowest BCUT2D eigenvalue weighted by Gasteiger charge is -2.46. The van der Waals surface area contributed by atoms with E-state index in [4.69, 9.17) is 4.74 Å². The first-order chi connectivity index (χ1) is 10.1. The lowest BCUT2D eigenvalue weighted by Crippen LogP contribution is -2.55. The molecule has 2 saturated heterocycles. The van der Waals surface area contributed by atoms with Crippen LogP contribution in [-0.4, -0.2) is 43.0 Å². The highest BCUT2D eigenvalue weighted by molar-refractivity contribution is 6.01. The van der Waals surface area contributed by atoms with Crippen LogP contribution in [0, 0.1) is 24.2 Å². The second-order valence-corrected chi connectivity index (χ2v) is 6.15. The predicted octanol–water partition coefficient (Wildman–Crippen LogP) is 2.16. The molecule has 21 heavy (non-hydrogen) atoms. The van der Waals surface area contributed by atoms with Crippen LogP contribution in [0.25, 0.3) is 0 Å². The van der Waals surface area contributed by atoms with Crippen molar-refractivity contribution in [2.24, 2.45) is 5.92 Å². The number of carbonyl (C=O) groups is 1. The Morgan fingerprint density at radius 2 is 2.00 bits per heavy atom. The van der Waals surface area contributed by atoms with Gasteiger partial charge in [0, 0.05) is 23.6 Å². The number of carbonyl (C=O) groups excluding carboxylic acids is 1. The third-order valence-electron chi connectivity index (χ3n) is 4.90. The van der Waals surface area contributed by atoms with Crippen molar-refractivity contribution in [3.8, 4) is 6.07 Å². The average Bonchev–Trinajstić information content (AvgIpc) is 2.46. The molecule has 0 saturated carbocycles. The van der Waals surface area contributed by atoms with Crippen LogP contribution in [-0.2, 0) is 4.74 Å². The van der Waals surface area contributed by atoms with Gasteiger partial charge in [-0.1, -0.05) is 12.1 Å². The van der Waals surface area contributed by atoms with E-state index in [0.717, 1.165) is 18.4 Å². The molecule has 2 atom stereocenters. The van der Waals surface area contributed by atoms with Crippen LogP contribution in [0.3, 0.4) is 0 Å². The first-order valence-corrected chi connectivity index (χ1v) is 7.45. The molecule has 0 aromatic heterocycles. The zero-order valence-electron chi connectivity index (χ0n) is 12.5. The number of piperidine rings is 1. The van der Waals surface area contributed by atoms with Gasteiger partial charge in [0.05, 0.1) is 24.8 Å².